The van der Waals surface area contributed by atoms with Crippen LogP contribution in [0.1, 0.15) is 18.0 Å². The molecule has 110 valence electrons. The normalized spacial score (nSPS) is 19.1. The highest BCUT2D eigenvalue weighted by atomic mass is 32.2. The maximum Gasteiger partial charge on any atom is 0.215 e. The van der Waals surface area contributed by atoms with E-state index in [0.29, 0.717) is 16.5 Å². The Morgan fingerprint density at radius 1 is 1.60 bits per heavy atom. The van der Waals surface area contributed by atoms with E-state index in [1.54, 1.807) is 0 Å². The molecule has 0 atom stereocenters. The molecule has 2 rings (SSSR count). The lowest BCUT2D eigenvalue weighted by Gasteiger charge is -2.08. The van der Waals surface area contributed by atoms with Crippen molar-refractivity contribution in [3.8, 4) is 0 Å². The average Bonchev–Trinajstić information content (AvgIpc) is 2.87. The van der Waals surface area contributed by atoms with Crippen LogP contribution in [-0.2, 0) is 22.1 Å². The summed E-state index contributed by atoms with van der Waals surface area (Å²) in [7, 11) is -2.17. The molecule has 0 fully saturated rings. The predicted molar refractivity (Wildman–Crippen MR) is 82.2 cm³/mol. The first-order valence-electron chi connectivity index (χ1n) is 9.41. The third-order valence-corrected chi connectivity index (χ3v) is 3.88. The summed E-state index contributed by atoms with van der Waals surface area (Å²) in [6, 6.07) is 4.05. The van der Waals surface area contributed by atoms with Gasteiger partial charge in [0.15, 0.2) is 1.41 Å². The quantitative estimate of drug-likeness (QED) is 0.846. The van der Waals surface area contributed by atoms with E-state index >= 15 is 0 Å². The van der Waals surface area contributed by atoms with Crippen LogP contribution in [0, 0.1) is 0 Å². The van der Waals surface area contributed by atoms with Crippen LogP contribution in [0.15, 0.2) is 24.4 Å². The van der Waals surface area contributed by atoms with E-state index < -0.39 is 22.7 Å². The largest absolute Gasteiger partial charge is 0.361 e. The van der Waals surface area contributed by atoms with Gasteiger partial charge in [-0.3, -0.25) is 0 Å². The third-order valence-electron chi connectivity index (χ3n) is 2.91. The summed E-state index contributed by atoms with van der Waals surface area (Å²) >= 11 is 0. The second-order valence-electron chi connectivity index (χ2n) is 4.45. The number of H-pyrrole nitrogens is 1. The van der Waals surface area contributed by atoms with Crippen LogP contribution in [0.4, 0.5) is 0 Å². The Balaban J connectivity index is 2.47. The van der Waals surface area contributed by atoms with Gasteiger partial charge in [-0.05, 0) is 50.8 Å². The smallest absolute Gasteiger partial charge is 0.215 e. The Labute approximate surface area is 130 Å². The molecule has 5 nitrogen and oxygen atoms in total. The molecule has 20 heavy (non-hydrogen) atoms. The molecular formula is C14H21N3O2S. The van der Waals surface area contributed by atoms with Gasteiger partial charge in [-0.15, -0.1) is 0 Å². The molecule has 0 unspecified atom stereocenters. The van der Waals surface area contributed by atoms with Gasteiger partial charge in [0.2, 0.25) is 10.0 Å². The Kier molecular flexibility index (Phi) is 2.43. The fraction of sp³-hybridized carbons (Fsp3) is 0.429. The van der Waals surface area contributed by atoms with E-state index in [0.717, 1.165) is 12.0 Å². The molecule has 2 N–H and O–H groups in total. The Hall–Kier alpha value is -1.37. The van der Waals surface area contributed by atoms with Gasteiger partial charge in [0, 0.05) is 30.5 Å². The standard InChI is InChI=1S/C14H21N3O2S/c1-15-20(18,19)10-11-4-5-14-13(8-11)12(9-16-14)6-7-17(2)3/h4-5,8-9,15-16H,6-7,10H2,1-3H3/i2D3,10D2/hD2. The van der Waals surface area contributed by atoms with Crippen LogP contribution in [-0.4, -0.2) is 45.9 Å². The van der Waals surface area contributed by atoms with Crippen LogP contribution < -0.4 is 4.72 Å². The molecule has 1 aromatic heterocycles. The number of aromatic nitrogens is 1. The van der Waals surface area contributed by atoms with E-state index in [4.69, 9.17) is 9.68 Å². The number of aromatic amines is 1. The summed E-state index contributed by atoms with van der Waals surface area (Å²) in [4.78, 5) is 2.26. The molecule has 0 saturated heterocycles. The SMILES string of the molecule is [2H]N(C)S(=O)(=O)C([2H])([2H])c1ccc2c(c1)c(CCN(C)C([2H])([2H])[2H])cn2[2H]. The molecule has 0 aliphatic rings. The number of nitrogens with one attached hydrogen (secondary N) is 2. The summed E-state index contributed by atoms with van der Waals surface area (Å²) in [6.07, 6.45) is 1.78. The summed E-state index contributed by atoms with van der Waals surface area (Å²) < 4.78 is 77.7. The van der Waals surface area contributed by atoms with Gasteiger partial charge in [0.05, 0.1) is 5.70 Å². The van der Waals surface area contributed by atoms with Gasteiger partial charge in [-0.25, -0.2) is 13.1 Å². The maximum atomic E-state index is 12.2. The third kappa shape index (κ3) is 3.59. The van der Waals surface area contributed by atoms with Gasteiger partial charge in [-0.1, -0.05) is 6.07 Å². The van der Waals surface area contributed by atoms with Crippen molar-refractivity contribution in [1.82, 2.24) is 14.6 Å². The number of nitrogens with zero attached hydrogens (tertiary/aromatic N) is 1. The van der Waals surface area contributed by atoms with Gasteiger partial charge >= 0.3 is 0 Å². The van der Waals surface area contributed by atoms with Gasteiger partial charge in [-0.2, -0.15) is 0 Å². The van der Waals surface area contributed by atoms with Crippen molar-refractivity contribution >= 4 is 20.9 Å². The molecule has 1 aromatic carbocycles. The van der Waals surface area contributed by atoms with Crippen molar-refractivity contribution in [2.24, 2.45) is 0 Å². The van der Waals surface area contributed by atoms with Crippen molar-refractivity contribution in [2.75, 3.05) is 27.6 Å². The van der Waals surface area contributed by atoms with Crippen LogP contribution in [0.2, 0.25) is 2.82 Å². The van der Waals surface area contributed by atoms with Crippen LogP contribution in [0.25, 0.3) is 10.9 Å². The highest BCUT2D eigenvalue weighted by Gasteiger charge is 2.11. The molecule has 0 radical (unpaired) electrons. The Morgan fingerprint density at radius 2 is 2.40 bits per heavy atom. The number of benzene rings is 1. The summed E-state index contributed by atoms with van der Waals surface area (Å²) in [5, 5.41) is 0.466. The van der Waals surface area contributed by atoms with E-state index in [1.165, 1.54) is 36.3 Å². The second kappa shape index (κ2) is 5.95. The fourth-order valence-corrected chi connectivity index (χ4v) is 2.38. The molecule has 0 aliphatic carbocycles. The Bertz CT molecular complexity index is 938. The zero-order chi connectivity index (χ0) is 20.8. The zero-order valence-corrected chi connectivity index (χ0v) is 12.1. The minimum absolute atomic E-state index is 0.0824. The lowest BCUT2D eigenvalue weighted by atomic mass is 10.1. The number of hydrogen-bond donors (Lipinski definition) is 2. The van der Waals surface area contributed by atoms with Crippen molar-refractivity contribution in [2.45, 2.75) is 12.1 Å². The van der Waals surface area contributed by atoms with Crippen molar-refractivity contribution in [1.29, 1.82) is 0 Å². The first-order chi connectivity index (χ1) is 12.2. The topological polar surface area (TPSA) is 65.2 Å². The number of rotatable bonds is 6. The molecule has 0 amide bonds. The molecule has 1 heterocycles. The monoisotopic (exact) mass is 302 g/mol. The molecular weight excluding hydrogens is 274 g/mol. The van der Waals surface area contributed by atoms with Crippen LogP contribution >= 0.6 is 0 Å². The molecule has 2 aromatic rings. The molecule has 0 saturated carbocycles. The molecule has 6 heteroatoms. The lowest BCUT2D eigenvalue weighted by Crippen LogP contribution is -2.20. The van der Waals surface area contributed by atoms with Crippen molar-refractivity contribution in [3.63, 3.8) is 0 Å². The predicted octanol–water partition coefficient (Wildman–Crippen LogP) is 1.32. The first-order valence-corrected chi connectivity index (χ1v) is 7.46. The molecule has 0 spiro atoms. The van der Waals surface area contributed by atoms with Gasteiger partial charge in [0.25, 0.3) is 0 Å². The van der Waals surface area contributed by atoms with E-state index in [1.807, 2.05) is 0 Å². The van der Waals surface area contributed by atoms with E-state index in [9.17, 15) is 8.42 Å². The van der Waals surface area contributed by atoms with Crippen LogP contribution in [0.3, 0.4) is 0 Å². The highest BCUT2D eigenvalue weighted by Crippen LogP contribution is 2.21. The van der Waals surface area contributed by atoms with E-state index in [-0.39, 0.29) is 23.2 Å². The molecule has 0 bridgehead atoms. The molecule has 0 aliphatic heterocycles. The van der Waals surface area contributed by atoms with Crippen molar-refractivity contribution < 1.29 is 18.1 Å². The lowest BCUT2D eigenvalue weighted by molar-refractivity contribution is 0.414. The number of fused-ring (bicyclic) bond motifs is 1. The summed E-state index contributed by atoms with van der Waals surface area (Å²) in [6.45, 7) is -2.07. The number of sulfonamides is 1. The highest BCUT2D eigenvalue weighted by molar-refractivity contribution is 7.88. The number of likely N-dealkylation sites (N-methyl/N-ethyl adjacent to an activating group) is 1. The number of hydrogen-bond acceptors (Lipinski definition) is 3. The minimum atomic E-state index is -4.55. The summed E-state index contributed by atoms with van der Waals surface area (Å²) in [5.74, 6) is 0. The average molecular weight is 302 g/mol. The van der Waals surface area contributed by atoms with Gasteiger partial charge in [0.1, 0.15) is 1.41 Å². The zero-order valence-electron chi connectivity index (χ0n) is 18.3. The van der Waals surface area contributed by atoms with E-state index in [2.05, 4.69) is 0 Å². The fourth-order valence-electron chi connectivity index (χ4n) is 1.87. The summed E-state index contributed by atoms with van der Waals surface area (Å²) in [5.41, 5.74) is -1.94. The van der Waals surface area contributed by atoms with Crippen LogP contribution in [0.5, 0.6) is 0 Å². The Morgan fingerprint density at radius 3 is 3.10 bits per heavy atom. The van der Waals surface area contributed by atoms with Crippen molar-refractivity contribution in [3.05, 3.63) is 35.5 Å². The maximum absolute atomic E-state index is 12.2. The first kappa shape index (κ1) is 8.17. The van der Waals surface area contributed by atoms with Gasteiger partial charge < -0.3 is 9.88 Å². The second-order valence-corrected chi connectivity index (χ2v) is 5.97. The minimum Gasteiger partial charge on any atom is -0.361 e.